The van der Waals surface area contributed by atoms with Crippen LogP contribution in [0.1, 0.15) is 16.3 Å². The summed E-state index contributed by atoms with van der Waals surface area (Å²) in [5.41, 5.74) is 3.41. The van der Waals surface area contributed by atoms with Gasteiger partial charge in [0.1, 0.15) is 6.54 Å². The maximum Gasteiger partial charge on any atom is 0.435 e. The number of nitrogens with two attached hydrogens (primary N) is 1. The number of halogens is 5. The van der Waals surface area contributed by atoms with Crippen molar-refractivity contribution in [3.05, 3.63) is 48.2 Å². The summed E-state index contributed by atoms with van der Waals surface area (Å²) < 4.78 is 94.8. The average molecular weight is 605 g/mol. The van der Waals surface area contributed by atoms with Crippen molar-refractivity contribution in [3.63, 3.8) is 0 Å². The number of piperazine rings is 1. The molecule has 4 rings (SSSR count). The van der Waals surface area contributed by atoms with E-state index in [0.29, 0.717) is 4.68 Å². The highest BCUT2D eigenvalue weighted by Crippen LogP contribution is 2.36. The third-order valence-electron chi connectivity index (χ3n) is 6.34. The second-order valence-electron chi connectivity index (χ2n) is 9.00. The monoisotopic (exact) mass is 604 g/mol. The van der Waals surface area contributed by atoms with Crippen LogP contribution in [0.5, 0.6) is 0 Å². The highest BCUT2D eigenvalue weighted by molar-refractivity contribution is 7.89. The average Bonchev–Trinajstić information content (AvgIpc) is 3.51. The predicted octanol–water partition coefficient (Wildman–Crippen LogP) is 1.61. The summed E-state index contributed by atoms with van der Waals surface area (Å²) in [6.07, 6.45) is -6.09. The molecule has 2 aromatic heterocycles. The number of hydrogen-bond donors (Lipinski definition) is 2. The van der Waals surface area contributed by atoms with Gasteiger partial charge in [-0.3, -0.25) is 14.3 Å². The van der Waals surface area contributed by atoms with Crippen LogP contribution in [-0.4, -0.2) is 87.9 Å². The predicted molar refractivity (Wildman–Crippen MR) is 134 cm³/mol. The molecule has 0 radical (unpaired) electrons. The van der Waals surface area contributed by atoms with Crippen LogP contribution >= 0.6 is 0 Å². The molecule has 0 unspecified atom stereocenters. The molecule has 18 heteroatoms. The lowest BCUT2D eigenvalue weighted by Crippen LogP contribution is -2.51. The number of sulfonamides is 1. The SMILES string of the molecule is Cn1c(-c2cn(CC(F)F)nc2C(F)(F)F)cnc1C(=O)Nc1ccc(S(=O)(=O)N2CCN(C(=O)CN)CC2)cc1. The molecule has 2 amide bonds. The van der Waals surface area contributed by atoms with E-state index in [2.05, 4.69) is 15.4 Å². The van der Waals surface area contributed by atoms with Gasteiger partial charge in [0.05, 0.1) is 28.9 Å². The largest absolute Gasteiger partial charge is 0.435 e. The third kappa shape index (κ3) is 6.38. The molecule has 0 spiro atoms. The minimum absolute atomic E-state index is 0.0473. The van der Waals surface area contributed by atoms with E-state index in [1.807, 2.05) is 0 Å². The molecule has 222 valence electrons. The van der Waals surface area contributed by atoms with Crippen LogP contribution in [0.25, 0.3) is 11.3 Å². The number of nitrogens with zero attached hydrogens (tertiary/aromatic N) is 6. The van der Waals surface area contributed by atoms with E-state index in [1.54, 1.807) is 0 Å². The van der Waals surface area contributed by atoms with Crippen molar-refractivity contribution >= 4 is 27.5 Å². The summed E-state index contributed by atoms with van der Waals surface area (Å²) in [4.78, 5) is 29.9. The highest BCUT2D eigenvalue weighted by Gasteiger charge is 2.39. The van der Waals surface area contributed by atoms with E-state index in [4.69, 9.17) is 5.73 Å². The number of benzene rings is 1. The fraction of sp³-hybridized carbons (Fsp3) is 0.391. The first-order valence-corrected chi connectivity index (χ1v) is 13.5. The molecule has 0 saturated carbocycles. The lowest BCUT2D eigenvalue weighted by atomic mass is 10.2. The molecule has 3 N–H and O–H groups in total. The van der Waals surface area contributed by atoms with Gasteiger partial charge in [0.15, 0.2) is 11.5 Å². The van der Waals surface area contributed by atoms with E-state index in [9.17, 15) is 40.0 Å². The molecular weight excluding hydrogens is 579 g/mol. The molecule has 3 aromatic rings. The van der Waals surface area contributed by atoms with Crippen molar-refractivity contribution in [2.75, 3.05) is 38.0 Å². The Kier molecular flexibility index (Phi) is 8.46. The molecule has 1 aliphatic rings. The van der Waals surface area contributed by atoms with Gasteiger partial charge in [0.2, 0.25) is 15.9 Å². The molecule has 0 aliphatic carbocycles. The number of anilines is 1. The minimum atomic E-state index is -4.95. The number of rotatable bonds is 8. The molecule has 1 aliphatic heterocycles. The topological polar surface area (TPSA) is 148 Å². The van der Waals surface area contributed by atoms with Gasteiger partial charge >= 0.3 is 6.18 Å². The summed E-state index contributed by atoms with van der Waals surface area (Å²) in [6, 6.07) is 5.22. The molecule has 12 nitrogen and oxygen atoms in total. The van der Waals surface area contributed by atoms with E-state index in [-0.39, 0.29) is 60.7 Å². The Labute approximate surface area is 230 Å². The van der Waals surface area contributed by atoms with Crippen LogP contribution < -0.4 is 11.1 Å². The zero-order chi connectivity index (χ0) is 30.1. The summed E-state index contributed by atoms with van der Waals surface area (Å²) in [5, 5.41) is 5.73. The van der Waals surface area contributed by atoms with E-state index >= 15 is 0 Å². The van der Waals surface area contributed by atoms with Gasteiger partial charge < -0.3 is 20.5 Å². The lowest BCUT2D eigenvalue weighted by Gasteiger charge is -2.33. The molecule has 0 bridgehead atoms. The molecule has 3 heterocycles. The number of imidazole rings is 1. The van der Waals surface area contributed by atoms with Crippen LogP contribution in [0.15, 0.2) is 41.6 Å². The Hall–Kier alpha value is -3.90. The number of carbonyl (C=O) groups excluding carboxylic acids is 2. The quantitative estimate of drug-likeness (QED) is 0.371. The van der Waals surface area contributed by atoms with Crippen LogP contribution in [0, 0.1) is 0 Å². The van der Waals surface area contributed by atoms with Crippen molar-refractivity contribution < 1.29 is 40.0 Å². The van der Waals surface area contributed by atoms with Crippen molar-refractivity contribution in [2.45, 2.75) is 24.0 Å². The number of nitrogens with one attached hydrogen (secondary N) is 1. The van der Waals surface area contributed by atoms with Crippen molar-refractivity contribution in [1.82, 2.24) is 28.5 Å². The maximum absolute atomic E-state index is 13.5. The first-order valence-electron chi connectivity index (χ1n) is 12.1. The lowest BCUT2D eigenvalue weighted by molar-refractivity contribution is -0.141. The van der Waals surface area contributed by atoms with Crippen LogP contribution in [0.2, 0.25) is 0 Å². The summed E-state index contributed by atoms with van der Waals surface area (Å²) in [5.74, 6) is -1.38. The third-order valence-corrected chi connectivity index (χ3v) is 8.25. The van der Waals surface area contributed by atoms with Crippen molar-refractivity contribution in [1.29, 1.82) is 0 Å². The van der Waals surface area contributed by atoms with Gasteiger partial charge in [-0.25, -0.2) is 22.2 Å². The zero-order valence-corrected chi connectivity index (χ0v) is 22.3. The molecule has 41 heavy (non-hydrogen) atoms. The number of alkyl halides is 5. The second-order valence-corrected chi connectivity index (χ2v) is 10.9. The smallest absolute Gasteiger partial charge is 0.339 e. The normalized spacial score (nSPS) is 15.0. The van der Waals surface area contributed by atoms with Crippen molar-refractivity contribution in [2.24, 2.45) is 12.8 Å². The Morgan fingerprint density at radius 1 is 1.10 bits per heavy atom. The Balaban J connectivity index is 1.48. The molecule has 1 fully saturated rings. The summed E-state index contributed by atoms with van der Waals surface area (Å²) in [7, 11) is -2.61. The van der Waals surface area contributed by atoms with E-state index in [1.165, 1.54) is 40.5 Å². The van der Waals surface area contributed by atoms with Gasteiger partial charge in [-0.15, -0.1) is 0 Å². The van der Waals surface area contributed by atoms with Gasteiger partial charge in [-0.1, -0.05) is 0 Å². The molecule has 1 aromatic carbocycles. The van der Waals surface area contributed by atoms with Crippen LogP contribution in [-0.2, 0) is 34.6 Å². The number of amides is 2. The van der Waals surface area contributed by atoms with Gasteiger partial charge in [0, 0.05) is 45.1 Å². The zero-order valence-electron chi connectivity index (χ0n) is 21.5. The molecule has 0 atom stereocenters. The summed E-state index contributed by atoms with van der Waals surface area (Å²) >= 11 is 0. The van der Waals surface area contributed by atoms with Gasteiger partial charge in [-0.2, -0.15) is 22.6 Å². The Bertz CT molecular complexity index is 1530. The van der Waals surface area contributed by atoms with E-state index in [0.717, 1.165) is 17.0 Å². The van der Waals surface area contributed by atoms with Gasteiger partial charge in [0.25, 0.3) is 12.3 Å². The minimum Gasteiger partial charge on any atom is -0.339 e. The fourth-order valence-electron chi connectivity index (χ4n) is 4.28. The maximum atomic E-state index is 13.5. The van der Waals surface area contributed by atoms with Crippen LogP contribution in [0.4, 0.5) is 27.6 Å². The number of carbonyl (C=O) groups is 2. The Morgan fingerprint density at radius 3 is 2.29 bits per heavy atom. The molecular formula is C23H25F5N8O4S. The number of aromatic nitrogens is 4. The standard InChI is InChI=1S/C23H25F5N8O4S/c1-33-17(16-12-35(13-18(24)25)32-20(16)23(26,27)28)11-30-21(33)22(38)31-14-2-4-15(5-3-14)41(39,40)36-8-6-34(7-9-36)19(37)10-29/h2-5,11-12,18H,6-10,13,29H2,1H3,(H,31,38). The fourth-order valence-corrected chi connectivity index (χ4v) is 5.70. The second kappa shape index (κ2) is 11.5. The number of hydrogen-bond acceptors (Lipinski definition) is 7. The highest BCUT2D eigenvalue weighted by atomic mass is 32.2. The van der Waals surface area contributed by atoms with E-state index < -0.39 is 46.3 Å². The molecule has 1 saturated heterocycles. The van der Waals surface area contributed by atoms with Crippen LogP contribution in [0.3, 0.4) is 0 Å². The Morgan fingerprint density at radius 2 is 1.73 bits per heavy atom. The first-order chi connectivity index (χ1) is 19.2. The van der Waals surface area contributed by atoms with Gasteiger partial charge in [-0.05, 0) is 24.3 Å². The summed E-state index contributed by atoms with van der Waals surface area (Å²) in [6.45, 7) is -0.639. The first kappa shape index (κ1) is 30.1. The van der Waals surface area contributed by atoms with Crippen molar-refractivity contribution in [3.8, 4) is 11.3 Å².